The number of fused-ring (bicyclic) bond motifs is 10. The van der Waals surface area contributed by atoms with Gasteiger partial charge in [-0.15, -0.1) is 0 Å². The van der Waals surface area contributed by atoms with Crippen LogP contribution in [0.3, 0.4) is 0 Å². The minimum atomic E-state index is -2.88. The lowest BCUT2D eigenvalue weighted by Crippen LogP contribution is -2.79. The molecule has 0 aliphatic carbocycles. The van der Waals surface area contributed by atoms with E-state index in [1.807, 2.05) is 0 Å². The number of nitrogens with zero attached hydrogens (tertiary/aromatic N) is 1. The number of hydrogen-bond acceptors (Lipinski definition) is 1. The molecule has 0 amide bonds. The van der Waals surface area contributed by atoms with Gasteiger partial charge in [-0.25, -0.2) is 0 Å². The average Bonchev–Trinajstić information content (AvgIpc) is 0.668. The SMILES string of the molecule is CC(C)c1cc(C(C)C)c(B2c3ccccc3B(c3c(C(C)C)cc(C(C)C)cc3C(C)C)c3cc(-c4ccc(N5c6ccccc6C6(c7ccccc75)c5ccccc5[Si](c5ccccc5)(c5ccccc5)c5ccccc56)cc4)ccc32)c(C(C)C)c1. The van der Waals surface area contributed by atoms with Crippen molar-refractivity contribution in [3.8, 4) is 11.1 Å². The Labute approximate surface area is 533 Å². The van der Waals surface area contributed by atoms with Crippen LogP contribution in [0.5, 0.6) is 0 Å². The highest BCUT2D eigenvalue weighted by atomic mass is 28.3. The van der Waals surface area contributed by atoms with Crippen molar-refractivity contribution in [2.75, 3.05) is 4.90 Å². The summed E-state index contributed by atoms with van der Waals surface area (Å²) >= 11 is 0. The van der Waals surface area contributed by atoms with E-state index in [9.17, 15) is 0 Å². The second kappa shape index (κ2) is 22.9. The fourth-order valence-electron chi connectivity index (χ4n) is 16.6. The van der Waals surface area contributed by atoms with Gasteiger partial charge in [0.15, 0.2) is 8.07 Å². The molecule has 0 saturated heterocycles. The van der Waals surface area contributed by atoms with E-state index in [0.717, 1.165) is 5.69 Å². The molecule has 0 aromatic heterocycles. The maximum atomic E-state index is 2.62. The average molecular weight is 1170 g/mol. The molecule has 0 fully saturated rings. The Kier molecular flexibility index (Phi) is 15.0. The van der Waals surface area contributed by atoms with Crippen LogP contribution in [0.2, 0.25) is 0 Å². The van der Waals surface area contributed by atoms with E-state index in [2.05, 4.69) is 337 Å². The molecular formula is C85H83B2NSi. The molecule has 0 N–H and O–H groups in total. The van der Waals surface area contributed by atoms with Crippen LogP contribution < -0.4 is 58.4 Å². The molecule has 3 aliphatic heterocycles. The maximum Gasteiger partial charge on any atom is 0.240 e. The van der Waals surface area contributed by atoms with Crippen LogP contribution in [0.15, 0.2) is 249 Å². The summed E-state index contributed by atoms with van der Waals surface area (Å²) in [7, 11) is -2.88. The van der Waals surface area contributed by atoms with Crippen molar-refractivity contribution in [1.82, 2.24) is 0 Å². The topological polar surface area (TPSA) is 3.24 Å². The van der Waals surface area contributed by atoms with Crippen LogP contribution in [0.25, 0.3) is 11.1 Å². The molecule has 11 aromatic rings. The Morgan fingerprint density at radius 2 is 0.652 bits per heavy atom. The Morgan fingerprint density at radius 3 is 1.07 bits per heavy atom. The third-order valence-corrected chi connectivity index (χ3v) is 25.6. The second-order valence-electron chi connectivity index (χ2n) is 27.7. The Balaban J connectivity index is 0.961. The number of anilines is 3. The fourth-order valence-corrected chi connectivity index (χ4v) is 21.9. The first-order valence-corrected chi connectivity index (χ1v) is 35.1. The summed E-state index contributed by atoms with van der Waals surface area (Å²) in [4.78, 5) is 2.55. The van der Waals surface area contributed by atoms with Crippen molar-refractivity contribution >= 4 is 92.1 Å². The van der Waals surface area contributed by atoms with Gasteiger partial charge in [0.25, 0.3) is 0 Å². The van der Waals surface area contributed by atoms with Gasteiger partial charge in [0.05, 0.1) is 16.8 Å². The van der Waals surface area contributed by atoms with Crippen LogP contribution in [-0.2, 0) is 5.41 Å². The van der Waals surface area contributed by atoms with E-state index in [4.69, 9.17) is 0 Å². The van der Waals surface area contributed by atoms with Gasteiger partial charge in [-0.3, -0.25) is 0 Å². The smallest absolute Gasteiger partial charge is 0.240 e. The van der Waals surface area contributed by atoms with E-state index >= 15 is 0 Å². The molecule has 14 rings (SSSR count). The lowest BCUT2D eigenvalue weighted by molar-refractivity contribution is 0.736. The second-order valence-corrected chi connectivity index (χ2v) is 31.5. The third-order valence-electron chi connectivity index (χ3n) is 20.7. The largest absolute Gasteiger partial charge is 0.310 e. The lowest BCUT2D eigenvalue weighted by atomic mass is 9.20. The predicted molar refractivity (Wildman–Crippen MR) is 389 cm³/mol. The maximum absolute atomic E-state index is 2.88. The Morgan fingerprint density at radius 1 is 0.303 bits per heavy atom. The molecule has 0 bridgehead atoms. The predicted octanol–water partition coefficient (Wildman–Crippen LogP) is 15.3. The van der Waals surface area contributed by atoms with E-state index in [0.29, 0.717) is 35.5 Å². The quantitative estimate of drug-likeness (QED) is 0.110. The highest BCUT2D eigenvalue weighted by molar-refractivity contribution is 7.20. The van der Waals surface area contributed by atoms with Crippen molar-refractivity contribution in [1.29, 1.82) is 0 Å². The van der Waals surface area contributed by atoms with Crippen LogP contribution in [-0.4, -0.2) is 21.5 Å². The summed E-state index contributed by atoms with van der Waals surface area (Å²) in [6.07, 6.45) is 0. The van der Waals surface area contributed by atoms with Gasteiger partial charge in [-0.05, 0) is 147 Å². The molecule has 11 aromatic carbocycles. The molecule has 0 atom stereocenters. The van der Waals surface area contributed by atoms with Crippen molar-refractivity contribution in [3.63, 3.8) is 0 Å². The first kappa shape index (κ1) is 58.3. The van der Waals surface area contributed by atoms with Gasteiger partial charge in [0.2, 0.25) is 13.4 Å². The van der Waals surface area contributed by atoms with Gasteiger partial charge in [0, 0.05) is 5.69 Å². The van der Waals surface area contributed by atoms with Crippen molar-refractivity contribution in [3.05, 3.63) is 304 Å². The standard InChI is InChI=1S/C85H83B2NSi/c1-54(2)62-49-67(56(5)6)83(68(50-62)57(7)8)86-75-37-23-24-38-76(75)87(84-69(58(9)10)51-63(55(3)4)52-70(84)59(11)12)78-53-61(45-48-77(78)86)60-43-46-64(47-44-60)88-79-39-25-19-33-71(79)85(72-34-20-26-40-80(72)88)73-35-21-27-41-81(73)89(65-29-15-13-16-30-65,66-31-17-14-18-32-66)82-42-28-22-36-74(82)85/h13-59H,1-12H3. The fraction of sp³-hybridized carbons (Fsp3) is 0.224. The monoisotopic (exact) mass is 1170 g/mol. The summed E-state index contributed by atoms with van der Waals surface area (Å²) in [6, 6.07) is 97.5. The normalized spacial score (nSPS) is 14.3. The zero-order valence-electron chi connectivity index (χ0n) is 54.2. The van der Waals surface area contributed by atoms with Crippen LogP contribution in [0, 0.1) is 0 Å². The van der Waals surface area contributed by atoms with Gasteiger partial charge in [-0.2, -0.15) is 0 Å². The zero-order chi connectivity index (χ0) is 61.6. The molecule has 1 spiro atoms. The Bertz CT molecular complexity index is 4280. The molecule has 3 aliphatic rings. The number of para-hydroxylation sites is 2. The highest BCUT2D eigenvalue weighted by Crippen LogP contribution is 2.58. The molecule has 4 heteroatoms. The summed E-state index contributed by atoms with van der Waals surface area (Å²) in [5.41, 5.74) is 28.3. The first-order chi connectivity index (χ1) is 43.2. The molecule has 89 heavy (non-hydrogen) atoms. The lowest BCUT2D eigenvalue weighted by Gasteiger charge is -2.53. The summed E-state index contributed by atoms with van der Waals surface area (Å²) < 4.78 is 0. The van der Waals surface area contributed by atoms with Crippen molar-refractivity contribution in [2.45, 2.75) is 124 Å². The van der Waals surface area contributed by atoms with Crippen molar-refractivity contribution < 1.29 is 0 Å². The number of hydrogen-bond donors (Lipinski definition) is 0. The van der Waals surface area contributed by atoms with Crippen LogP contribution in [0.1, 0.15) is 174 Å². The molecular weight excluding hydrogens is 1080 g/mol. The molecule has 1 nitrogen and oxygen atoms in total. The van der Waals surface area contributed by atoms with Gasteiger partial charge in [0.1, 0.15) is 0 Å². The third kappa shape index (κ3) is 9.08. The van der Waals surface area contributed by atoms with E-state index in [1.165, 1.54) is 132 Å². The van der Waals surface area contributed by atoms with Gasteiger partial charge >= 0.3 is 0 Å². The summed E-state index contributed by atoms with van der Waals surface area (Å²) in [5, 5.41) is 5.69. The summed E-state index contributed by atoms with van der Waals surface area (Å²) in [6.45, 7) is 28.9. The molecule has 0 saturated carbocycles. The van der Waals surface area contributed by atoms with Crippen LogP contribution in [0.4, 0.5) is 17.1 Å². The number of benzene rings is 11. The minimum Gasteiger partial charge on any atom is -0.310 e. The van der Waals surface area contributed by atoms with Crippen LogP contribution >= 0.6 is 0 Å². The van der Waals surface area contributed by atoms with E-state index in [-0.39, 0.29) is 13.4 Å². The van der Waals surface area contributed by atoms with E-state index < -0.39 is 13.5 Å². The molecule has 0 radical (unpaired) electrons. The minimum absolute atomic E-state index is 0.0459. The Hall–Kier alpha value is -8.43. The number of rotatable bonds is 12. The highest BCUT2D eigenvalue weighted by Gasteiger charge is 2.58. The molecule has 0 unspecified atom stereocenters. The first-order valence-electron chi connectivity index (χ1n) is 33.1. The van der Waals surface area contributed by atoms with Gasteiger partial charge in [-0.1, -0.05) is 340 Å². The summed E-state index contributed by atoms with van der Waals surface area (Å²) in [5.74, 6) is 2.26. The van der Waals surface area contributed by atoms with E-state index in [1.54, 1.807) is 0 Å². The molecule has 3 heterocycles. The molecule has 438 valence electrons. The van der Waals surface area contributed by atoms with Crippen molar-refractivity contribution in [2.24, 2.45) is 0 Å². The van der Waals surface area contributed by atoms with Gasteiger partial charge < -0.3 is 4.90 Å². The zero-order valence-corrected chi connectivity index (χ0v) is 55.2.